The van der Waals surface area contributed by atoms with E-state index in [1.165, 1.54) is 17.3 Å². The molecule has 0 amide bonds. The summed E-state index contributed by atoms with van der Waals surface area (Å²) in [5, 5.41) is 21.2. The Labute approximate surface area is 212 Å². The van der Waals surface area contributed by atoms with E-state index >= 15 is 0 Å². The summed E-state index contributed by atoms with van der Waals surface area (Å²) in [6.45, 7) is 8.16. The van der Waals surface area contributed by atoms with E-state index in [1.54, 1.807) is 7.11 Å². The molecule has 2 aromatic rings. The van der Waals surface area contributed by atoms with Crippen molar-refractivity contribution in [1.82, 2.24) is 14.9 Å². The van der Waals surface area contributed by atoms with Gasteiger partial charge >= 0.3 is 6.01 Å². The topological polar surface area (TPSA) is 107 Å². The third kappa shape index (κ3) is 4.77. The molecule has 0 spiro atoms. The van der Waals surface area contributed by atoms with Crippen LogP contribution in [0.4, 0.5) is 17.3 Å². The number of likely N-dealkylation sites (tertiary alicyclic amines) is 1. The van der Waals surface area contributed by atoms with Crippen LogP contribution in [0.5, 0.6) is 6.01 Å². The molecule has 3 fully saturated rings. The molecule has 3 aliphatic heterocycles. The molecule has 0 bridgehead atoms. The summed E-state index contributed by atoms with van der Waals surface area (Å²) in [6.07, 6.45) is 6.51. The molecule has 3 N–H and O–H groups in total. The molecule has 0 saturated carbocycles. The van der Waals surface area contributed by atoms with Gasteiger partial charge in [-0.1, -0.05) is 0 Å². The average molecular weight is 493 g/mol. The predicted molar refractivity (Wildman–Crippen MR) is 141 cm³/mol. The highest BCUT2D eigenvalue weighted by Gasteiger charge is 2.31. The van der Waals surface area contributed by atoms with E-state index in [-0.39, 0.29) is 12.1 Å². The van der Waals surface area contributed by atoms with E-state index in [2.05, 4.69) is 46.2 Å². The number of aliphatic hydroxyl groups excluding tert-OH is 1. The maximum absolute atomic E-state index is 9.73. The molecule has 192 valence electrons. The summed E-state index contributed by atoms with van der Waals surface area (Å²) < 4.78 is 10.8. The lowest BCUT2D eigenvalue weighted by molar-refractivity contribution is -0.0712. The number of aliphatic hydroxyl groups is 1. The van der Waals surface area contributed by atoms with Gasteiger partial charge in [-0.15, -0.1) is 0 Å². The highest BCUT2D eigenvalue weighted by Crippen LogP contribution is 2.37. The standard InChI is InChI=1S/C27H36N6O3/c1-17-10-20(13-28)24(11-23(17)19-6-8-32(9-7-19)22-15-36-16-22)29-25-12-26(31-27(30-25)35-3)33-18(2)4-5-21(33)14-34/h10-14,18-19,22,28,34H,4-9,15-16H2,1-3H3,(H,29,30,31)/b21-14+,28-13?. The van der Waals surface area contributed by atoms with Gasteiger partial charge in [0.25, 0.3) is 0 Å². The Kier molecular flexibility index (Phi) is 7.11. The van der Waals surface area contributed by atoms with Crippen molar-refractivity contribution in [2.24, 2.45) is 0 Å². The molecule has 3 aliphatic rings. The molecule has 1 atom stereocenters. The first-order valence-corrected chi connectivity index (χ1v) is 12.8. The maximum atomic E-state index is 9.73. The summed E-state index contributed by atoms with van der Waals surface area (Å²) in [7, 11) is 1.55. The summed E-state index contributed by atoms with van der Waals surface area (Å²) >= 11 is 0. The van der Waals surface area contributed by atoms with Gasteiger partial charge in [0.15, 0.2) is 0 Å². The largest absolute Gasteiger partial charge is 0.514 e. The second kappa shape index (κ2) is 10.4. The van der Waals surface area contributed by atoms with Crippen LogP contribution in [0, 0.1) is 12.3 Å². The molecular formula is C27H36N6O3. The first kappa shape index (κ1) is 24.5. The van der Waals surface area contributed by atoms with Crippen molar-refractivity contribution in [1.29, 1.82) is 5.41 Å². The van der Waals surface area contributed by atoms with E-state index in [1.807, 2.05) is 11.0 Å². The number of anilines is 3. The zero-order chi connectivity index (χ0) is 25.2. The van der Waals surface area contributed by atoms with E-state index in [4.69, 9.17) is 14.9 Å². The summed E-state index contributed by atoms with van der Waals surface area (Å²) in [5.41, 5.74) is 5.03. The van der Waals surface area contributed by atoms with Crippen molar-refractivity contribution < 1.29 is 14.6 Å². The highest BCUT2D eigenvalue weighted by atomic mass is 16.5. The number of ether oxygens (including phenoxy) is 2. The van der Waals surface area contributed by atoms with Crippen LogP contribution in [-0.2, 0) is 4.74 Å². The van der Waals surface area contributed by atoms with Crippen LogP contribution in [0.2, 0.25) is 0 Å². The molecule has 3 saturated heterocycles. The van der Waals surface area contributed by atoms with Crippen molar-refractivity contribution >= 4 is 23.5 Å². The summed E-state index contributed by atoms with van der Waals surface area (Å²) in [6, 6.07) is 7.20. The number of hydrogen-bond donors (Lipinski definition) is 3. The fourth-order valence-electron chi connectivity index (χ4n) is 5.64. The van der Waals surface area contributed by atoms with Gasteiger partial charge in [-0.2, -0.15) is 9.97 Å². The first-order chi connectivity index (χ1) is 17.5. The highest BCUT2D eigenvalue weighted by molar-refractivity contribution is 5.88. The van der Waals surface area contributed by atoms with Crippen molar-refractivity contribution in [2.75, 3.05) is 43.6 Å². The van der Waals surface area contributed by atoms with Gasteiger partial charge in [0.2, 0.25) is 0 Å². The molecule has 0 aliphatic carbocycles. The van der Waals surface area contributed by atoms with Crippen molar-refractivity contribution in [3.8, 4) is 6.01 Å². The Hall–Kier alpha value is -3.17. The number of nitrogens with one attached hydrogen (secondary N) is 2. The van der Waals surface area contributed by atoms with Crippen molar-refractivity contribution in [3.63, 3.8) is 0 Å². The van der Waals surface area contributed by atoms with Crippen LogP contribution in [0.1, 0.15) is 55.2 Å². The fourth-order valence-corrected chi connectivity index (χ4v) is 5.64. The van der Waals surface area contributed by atoms with Gasteiger partial charge in [-0.05, 0) is 81.8 Å². The first-order valence-electron chi connectivity index (χ1n) is 12.8. The smallest absolute Gasteiger partial charge is 0.320 e. The van der Waals surface area contributed by atoms with Gasteiger partial charge in [0.05, 0.1) is 38.3 Å². The minimum atomic E-state index is 0.205. The lowest BCUT2D eigenvalue weighted by Gasteiger charge is -2.41. The van der Waals surface area contributed by atoms with Gasteiger partial charge in [0, 0.05) is 29.6 Å². The zero-order valence-corrected chi connectivity index (χ0v) is 21.3. The Morgan fingerprint density at radius 2 is 1.94 bits per heavy atom. The third-order valence-electron chi connectivity index (χ3n) is 7.80. The quantitative estimate of drug-likeness (QED) is 0.383. The van der Waals surface area contributed by atoms with E-state index in [9.17, 15) is 5.11 Å². The van der Waals surface area contributed by atoms with E-state index < -0.39 is 0 Å². The lowest BCUT2D eigenvalue weighted by atomic mass is 9.85. The Morgan fingerprint density at radius 3 is 2.58 bits per heavy atom. The van der Waals surface area contributed by atoms with Crippen molar-refractivity contribution in [2.45, 2.75) is 57.5 Å². The van der Waals surface area contributed by atoms with Gasteiger partial charge in [-0.25, -0.2) is 0 Å². The molecule has 36 heavy (non-hydrogen) atoms. The van der Waals surface area contributed by atoms with Crippen LogP contribution in [0.3, 0.4) is 0 Å². The van der Waals surface area contributed by atoms with Crippen molar-refractivity contribution in [3.05, 3.63) is 46.8 Å². The average Bonchev–Trinajstić information content (AvgIpc) is 3.24. The number of benzene rings is 1. The number of allylic oxidation sites excluding steroid dienone is 1. The minimum Gasteiger partial charge on any atom is -0.514 e. The molecule has 1 aromatic carbocycles. The van der Waals surface area contributed by atoms with Crippen LogP contribution < -0.4 is 15.0 Å². The number of rotatable bonds is 7. The number of piperidine rings is 1. The molecule has 5 rings (SSSR count). The predicted octanol–water partition coefficient (Wildman–Crippen LogP) is 4.50. The van der Waals surface area contributed by atoms with E-state index in [0.717, 1.165) is 75.2 Å². The number of nitrogens with zero attached hydrogens (tertiary/aromatic N) is 4. The Morgan fingerprint density at radius 1 is 1.17 bits per heavy atom. The lowest BCUT2D eigenvalue weighted by Crippen LogP contribution is -2.51. The molecule has 1 aromatic heterocycles. The normalized spacial score (nSPS) is 22.6. The Balaban J connectivity index is 1.42. The van der Waals surface area contributed by atoms with Gasteiger partial charge < -0.3 is 30.2 Å². The van der Waals surface area contributed by atoms with Gasteiger partial charge in [-0.3, -0.25) is 4.90 Å². The number of hydrogen-bond acceptors (Lipinski definition) is 9. The zero-order valence-electron chi connectivity index (χ0n) is 21.3. The molecule has 9 heteroatoms. The van der Waals surface area contributed by atoms with Crippen LogP contribution >= 0.6 is 0 Å². The van der Waals surface area contributed by atoms with Crippen LogP contribution in [0.25, 0.3) is 0 Å². The fraction of sp³-hybridized carbons (Fsp3) is 0.519. The molecule has 1 unspecified atom stereocenters. The second-order valence-electron chi connectivity index (χ2n) is 10.0. The second-order valence-corrected chi connectivity index (χ2v) is 10.0. The maximum Gasteiger partial charge on any atom is 0.320 e. The molecular weight excluding hydrogens is 456 g/mol. The number of aromatic nitrogens is 2. The monoisotopic (exact) mass is 492 g/mol. The summed E-state index contributed by atoms with van der Waals surface area (Å²) in [4.78, 5) is 13.7. The molecule has 4 heterocycles. The number of aryl methyl sites for hydroxylation is 1. The van der Waals surface area contributed by atoms with Gasteiger partial charge in [0.1, 0.15) is 11.6 Å². The summed E-state index contributed by atoms with van der Waals surface area (Å²) in [5.74, 6) is 1.75. The SMILES string of the molecule is COc1nc(Nc2cc(C3CCN(C4COC4)CC3)c(C)cc2C=N)cc(N2/C(=C/O)CCC2C)n1. The Bertz CT molecular complexity index is 1140. The van der Waals surface area contributed by atoms with E-state index in [0.29, 0.717) is 23.6 Å². The molecule has 0 radical (unpaired) electrons. The minimum absolute atomic E-state index is 0.205. The van der Waals surface area contributed by atoms with Crippen LogP contribution in [-0.4, -0.2) is 71.7 Å². The molecule has 9 nitrogen and oxygen atoms in total. The third-order valence-corrected chi connectivity index (χ3v) is 7.80. The van der Waals surface area contributed by atoms with Crippen LogP contribution in [0.15, 0.2) is 30.2 Å². The number of methoxy groups -OCH3 is 1.